The molecule has 1 rings (SSSR count). The van der Waals surface area contributed by atoms with Gasteiger partial charge in [-0.3, -0.25) is 4.90 Å². The van der Waals surface area contributed by atoms with E-state index in [2.05, 4.69) is 22.4 Å². The summed E-state index contributed by atoms with van der Waals surface area (Å²) < 4.78 is 24.9. The van der Waals surface area contributed by atoms with Gasteiger partial charge in [0, 0.05) is 18.8 Å². The van der Waals surface area contributed by atoms with E-state index in [0.29, 0.717) is 6.54 Å². The van der Waals surface area contributed by atoms with Crippen molar-refractivity contribution in [3.05, 3.63) is 5.82 Å². The molecule has 7 nitrogen and oxygen atoms in total. The maximum Gasteiger partial charge on any atom is 0.165 e. The van der Waals surface area contributed by atoms with Gasteiger partial charge < -0.3 is 0 Å². The smallest absolute Gasteiger partial charge is 0.165 e. The fraction of sp³-hybridized carbons (Fsp3) is 0.909. The van der Waals surface area contributed by atoms with Crippen LogP contribution in [0.2, 0.25) is 0 Å². The van der Waals surface area contributed by atoms with Crippen molar-refractivity contribution >= 4 is 9.84 Å². The quantitative estimate of drug-likeness (QED) is 0.720. The molecule has 1 aromatic heterocycles. The van der Waals surface area contributed by atoms with E-state index < -0.39 is 15.1 Å². The molecule has 0 aromatic carbocycles. The van der Waals surface area contributed by atoms with Crippen molar-refractivity contribution in [1.29, 1.82) is 0 Å². The molecule has 19 heavy (non-hydrogen) atoms. The van der Waals surface area contributed by atoms with Gasteiger partial charge in [0.15, 0.2) is 15.7 Å². The van der Waals surface area contributed by atoms with Crippen LogP contribution in [0.25, 0.3) is 0 Å². The Morgan fingerprint density at radius 3 is 2.53 bits per heavy atom. The fourth-order valence-corrected chi connectivity index (χ4v) is 2.73. The zero-order valence-corrected chi connectivity index (χ0v) is 13.1. The number of hydrogen-bond acceptors (Lipinski definition) is 6. The molecule has 0 aliphatic rings. The lowest BCUT2D eigenvalue weighted by Gasteiger charge is -2.28. The summed E-state index contributed by atoms with van der Waals surface area (Å²) >= 11 is 0. The lowest BCUT2D eigenvalue weighted by molar-refractivity contribution is 0.234. The van der Waals surface area contributed by atoms with Crippen molar-refractivity contribution in [1.82, 2.24) is 25.1 Å². The van der Waals surface area contributed by atoms with Gasteiger partial charge in [-0.25, -0.2) is 13.1 Å². The Balaban J connectivity index is 2.73. The predicted molar refractivity (Wildman–Crippen MR) is 73.3 cm³/mol. The van der Waals surface area contributed by atoms with Gasteiger partial charge in [-0.2, -0.15) is 0 Å². The molecule has 0 N–H and O–H groups in total. The largest absolute Gasteiger partial charge is 0.295 e. The van der Waals surface area contributed by atoms with Gasteiger partial charge in [-0.15, -0.1) is 5.10 Å². The molecule has 0 spiro atoms. The van der Waals surface area contributed by atoms with Gasteiger partial charge in [0.05, 0.1) is 11.8 Å². The average molecular weight is 289 g/mol. The molecular weight excluding hydrogens is 266 g/mol. The molecular formula is C11H23N5O2S. The minimum atomic E-state index is -3.05. The van der Waals surface area contributed by atoms with E-state index in [1.54, 1.807) is 11.6 Å². The molecule has 0 bridgehead atoms. The summed E-state index contributed by atoms with van der Waals surface area (Å²) in [7, 11) is -1.16. The molecule has 1 aromatic rings. The second kappa shape index (κ2) is 6.42. The van der Waals surface area contributed by atoms with Crippen molar-refractivity contribution in [3.8, 4) is 0 Å². The molecule has 2 unspecified atom stereocenters. The van der Waals surface area contributed by atoms with E-state index in [0.717, 1.165) is 18.8 Å². The van der Waals surface area contributed by atoms with Gasteiger partial charge >= 0.3 is 0 Å². The predicted octanol–water partition coefficient (Wildman–Crippen LogP) is 0.337. The molecule has 2 atom stereocenters. The molecule has 0 amide bonds. The van der Waals surface area contributed by atoms with Crippen molar-refractivity contribution in [3.63, 3.8) is 0 Å². The van der Waals surface area contributed by atoms with Crippen molar-refractivity contribution in [2.75, 3.05) is 13.3 Å². The van der Waals surface area contributed by atoms with Crippen LogP contribution in [0.5, 0.6) is 0 Å². The van der Waals surface area contributed by atoms with E-state index in [-0.39, 0.29) is 6.04 Å². The van der Waals surface area contributed by atoms with Crippen LogP contribution in [-0.2, 0) is 22.9 Å². The SMILES string of the molecule is CCCn1nnnc1CN(C)C(C)C(C)S(C)(=O)=O. The Bertz CT molecular complexity index is 499. The summed E-state index contributed by atoms with van der Waals surface area (Å²) in [6.45, 7) is 6.99. The first-order chi connectivity index (χ1) is 8.77. The summed E-state index contributed by atoms with van der Waals surface area (Å²) in [5.74, 6) is 0.761. The molecule has 0 saturated carbocycles. The Labute approximate surface area is 114 Å². The standard InChI is InChI=1S/C11H23N5O2S/c1-6-7-16-11(12-13-14-16)8-15(4)9(2)10(3)19(5,17)18/h9-10H,6-8H2,1-5H3. The highest BCUT2D eigenvalue weighted by Crippen LogP contribution is 2.12. The summed E-state index contributed by atoms with van der Waals surface area (Å²) in [6, 6.07) is -0.0956. The fourth-order valence-electron chi connectivity index (χ4n) is 1.81. The maximum atomic E-state index is 11.6. The van der Waals surface area contributed by atoms with Crippen molar-refractivity contribution in [2.45, 2.75) is 51.6 Å². The Morgan fingerprint density at radius 1 is 1.37 bits per heavy atom. The molecule has 110 valence electrons. The Morgan fingerprint density at radius 2 is 2.00 bits per heavy atom. The molecule has 8 heteroatoms. The minimum Gasteiger partial charge on any atom is -0.295 e. The second-order valence-corrected chi connectivity index (χ2v) is 7.41. The van der Waals surface area contributed by atoms with E-state index in [1.165, 1.54) is 6.26 Å². The Hall–Kier alpha value is -1.02. The summed E-state index contributed by atoms with van der Waals surface area (Å²) in [6.07, 6.45) is 2.22. The lowest BCUT2D eigenvalue weighted by Crippen LogP contribution is -2.41. The van der Waals surface area contributed by atoms with Crippen molar-refractivity contribution < 1.29 is 8.42 Å². The number of aromatic nitrogens is 4. The summed E-state index contributed by atoms with van der Waals surface area (Å²) in [5, 5.41) is 11.2. The second-order valence-electron chi connectivity index (χ2n) is 5.01. The lowest BCUT2D eigenvalue weighted by atomic mass is 10.2. The molecule has 1 heterocycles. The normalized spacial score (nSPS) is 15.7. The van der Waals surface area contributed by atoms with Crippen LogP contribution in [0.4, 0.5) is 0 Å². The van der Waals surface area contributed by atoms with E-state index in [1.807, 2.05) is 18.9 Å². The summed E-state index contributed by atoms with van der Waals surface area (Å²) in [4.78, 5) is 1.96. The van der Waals surface area contributed by atoms with Gasteiger partial charge in [0.25, 0.3) is 0 Å². The molecule has 0 saturated heterocycles. The first-order valence-corrected chi connectivity index (χ1v) is 8.37. The average Bonchev–Trinajstić information content (AvgIpc) is 2.74. The number of aryl methyl sites for hydroxylation is 1. The highest BCUT2D eigenvalue weighted by Gasteiger charge is 2.26. The number of nitrogens with zero attached hydrogens (tertiary/aromatic N) is 5. The third-order valence-corrected chi connectivity index (χ3v) is 5.23. The number of sulfone groups is 1. The van der Waals surface area contributed by atoms with Crippen LogP contribution in [0.15, 0.2) is 0 Å². The molecule has 0 radical (unpaired) electrons. The first kappa shape index (κ1) is 16.0. The third-order valence-electron chi connectivity index (χ3n) is 3.48. The van der Waals surface area contributed by atoms with E-state index in [4.69, 9.17) is 0 Å². The van der Waals surface area contributed by atoms with Crippen LogP contribution in [0.1, 0.15) is 33.0 Å². The molecule has 0 aliphatic heterocycles. The minimum absolute atomic E-state index is 0.0956. The van der Waals surface area contributed by atoms with E-state index >= 15 is 0 Å². The first-order valence-electron chi connectivity index (χ1n) is 6.41. The highest BCUT2D eigenvalue weighted by molar-refractivity contribution is 7.91. The van der Waals surface area contributed by atoms with Crippen LogP contribution >= 0.6 is 0 Å². The highest BCUT2D eigenvalue weighted by atomic mass is 32.2. The maximum absolute atomic E-state index is 11.6. The molecule has 0 fully saturated rings. The van der Waals surface area contributed by atoms with E-state index in [9.17, 15) is 8.42 Å². The van der Waals surface area contributed by atoms with Crippen molar-refractivity contribution in [2.24, 2.45) is 0 Å². The molecule has 0 aliphatic carbocycles. The number of tetrazole rings is 1. The van der Waals surface area contributed by atoms with Crippen LogP contribution in [0.3, 0.4) is 0 Å². The Kier molecular flexibility index (Phi) is 5.42. The number of hydrogen-bond donors (Lipinski definition) is 0. The zero-order valence-electron chi connectivity index (χ0n) is 12.2. The van der Waals surface area contributed by atoms with Gasteiger partial charge in [-0.05, 0) is 37.7 Å². The van der Waals surface area contributed by atoms with Gasteiger partial charge in [-0.1, -0.05) is 6.92 Å². The van der Waals surface area contributed by atoms with Crippen LogP contribution < -0.4 is 0 Å². The zero-order chi connectivity index (χ0) is 14.6. The van der Waals surface area contributed by atoms with Crippen LogP contribution in [-0.4, -0.2) is 58.1 Å². The third kappa shape index (κ3) is 4.24. The summed E-state index contributed by atoms with van der Waals surface area (Å²) in [5.41, 5.74) is 0. The van der Waals surface area contributed by atoms with Crippen LogP contribution in [0, 0.1) is 0 Å². The topological polar surface area (TPSA) is 81.0 Å². The monoisotopic (exact) mass is 289 g/mol. The number of rotatable bonds is 7. The van der Waals surface area contributed by atoms with Gasteiger partial charge in [0.2, 0.25) is 0 Å². The van der Waals surface area contributed by atoms with Gasteiger partial charge in [0.1, 0.15) is 0 Å².